The largest absolute Gasteiger partial charge is 0.490 e. The Morgan fingerprint density at radius 3 is 2.43 bits per heavy atom. The molecule has 116 valence electrons. The third-order valence-corrected chi connectivity index (χ3v) is 3.75. The van der Waals surface area contributed by atoms with E-state index in [2.05, 4.69) is 4.90 Å². The Morgan fingerprint density at radius 1 is 1.24 bits per heavy atom. The number of carboxylic acid groups (broad SMARTS) is 1. The number of ether oxygens (including phenoxy) is 2. The van der Waals surface area contributed by atoms with E-state index in [-0.39, 0.29) is 5.92 Å². The molecule has 1 N–H and O–H groups in total. The zero-order valence-corrected chi connectivity index (χ0v) is 12.5. The summed E-state index contributed by atoms with van der Waals surface area (Å²) in [6.45, 7) is 5.61. The number of nitrogens with zero attached hydrogens (tertiary/aromatic N) is 1. The number of likely N-dealkylation sites (tertiary alicyclic amines) is 1. The molecule has 0 saturated carbocycles. The first-order valence-electron chi connectivity index (χ1n) is 7.50. The number of aliphatic carboxylic acids is 1. The Morgan fingerprint density at radius 2 is 1.86 bits per heavy atom. The number of benzene rings is 1. The van der Waals surface area contributed by atoms with E-state index in [1.165, 1.54) is 0 Å². The molecule has 0 unspecified atom stereocenters. The molecule has 1 aliphatic rings. The fourth-order valence-corrected chi connectivity index (χ4v) is 2.53. The van der Waals surface area contributed by atoms with Gasteiger partial charge in [-0.2, -0.15) is 0 Å². The first-order valence-corrected chi connectivity index (χ1v) is 7.50. The summed E-state index contributed by atoms with van der Waals surface area (Å²) < 4.78 is 11.3. The maximum Gasteiger partial charge on any atom is 0.306 e. The molecule has 0 atom stereocenters. The summed E-state index contributed by atoms with van der Waals surface area (Å²) in [5.41, 5.74) is 0. The average molecular weight is 293 g/mol. The van der Waals surface area contributed by atoms with Crippen LogP contribution >= 0.6 is 0 Å². The van der Waals surface area contributed by atoms with Crippen molar-refractivity contribution in [1.29, 1.82) is 0 Å². The molecular weight excluding hydrogens is 270 g/mol. The number of para-hydroxylation sites is 2. The molecule has 21 heavy (non-hydrogen) atoms. The molecule has 1 aromatic carbocycles. The summed E-state index contributed by atoms with van der Waals surface area (Å²) in [5.74, 6) is 0.682. The van der Waals surface area contributed by atoms with Gasteiger partial charge in [-0.15, -0.1) is 0 Å². The minimum absolute atomic E-state index is 0.180. The molecule has 1 heterocycles. The van der Waals surface area contributed by atoms with Crippen LogP contribution in [0, 0.1) is 5.92 Å². The molecule has 2 rings (SSSR count). The Bertz CT molecular complexity index is 455. The summed E-state index contributed by atoms with van der Waals surface area (Å²) in [6, 6.07) is 7.66. The molecule has 0 radical (unpaired) electrons. The van der Waals surface area contributed by atoms with Crippen LogP contribution in [0.4, 0.5) is 0 Å². The SMILES string of the molecule is CCOc1ccccc1OCCN1CCC(C(=O)O)CC1. The van der Waals surface area contributed by atoms with Crippen LogP contribution < -0.4 is 9.47 Å². The van der Waals surface area contributed by atoms with Crippen LogP contribution in [0.1, 0.15) is 19.8 Å². The van der Waals surface area contributed by atoms with Gasteiger partial charge in [-0.05, 0) is 45.0 Å². The molecule has 0 amide bonds. The Kier molecular flexibility index (Phi) is 5.87. The molecule has 5 heteroatoms. The first kappa shape index (κ1) is 15.6. The molecule has 0 bridgehead atoms. The number of carboxylic acids is 1. The highest BCUT2D eigenvalue weighted by Crippen LogP contribution is 2.26. The van der Waals surface area contributed by atoms with Crippen LogP contribution in [0.15, 0.2) is 24.3 Å². The second-order valence-electron chi connectivity index (χ2n) is 5.18. The van der Waals surface area contributed by atoms with Gasteiger partial charge in [0.1, 0.15) is 6.61 Å². The monoisotopic (exact) mass is 293 g/mol. The summed E-state index contributed by atoms with van der Waals surface area (Å²) in [7, 11) is 0. The van der Waals surface area contributed by atoms with Crippen molar-refractivity contribution in [2.45, 2.75) is 19.8 Å². The third-order valence-electron chi connectivity index (χ3n) is 3.75. The van der Waals surface area contributed by atoms with Crippen molar-refractivity contribution in [3.63, 3.8) is 0 Å². The van der Waals surface area contributed by atoms with E-state index in [9.17, 15) is 4.79 Å². The topological polar surface area (TPSA) is 59.0 Å². The predicted octanol–water partition coefficient (Wildman–Crippen LogP) is 2.26. The Labute approximate surface area is 125 Å². The van der Waals surface area contributed by atoms with Gasteiger partial charge < -0.3 is 14.6 Å². The zero-order valence-electron chi connectivity index (χ0n) is 12.5. The molecule has 0 aliphatic carbocycles. The van der Waals surface area contributed by atoms with E-state index in [0.717, 1.165) is 44.0 Å². The fourth-order valence-electron chi connectivity index (χ4n) is 2.53. The van der Waals surface area contributed by atoms with Crippen molar-refractivity contribution in [2.75, 3.05) is 32.8 Å². The second kappa shape index (κ2) is 7.88. The van der Waals surface area contributed by atoms with E-state index < -0.39 is 5.97 Å². The van der Waals surface area contributed by atoms with Crippen LogP contribution in [-0.4, -0.2) is 48.8 Å². The van der Waals surface area contributed by atoms with Gasteiger partial charge in [0, 0.05) is 6.54 Å². The summed E-state index contributed by atoms with van der Waals surface area (Å²) >= 11 is 0. The smallest absolute Gasteiger partial charge is 0.306 e. The number of hydrogen-bond acceptors (Lipinski definition) is 4. The first-order chi connectivity index (χ1) is 10.2. The van der Waals surface area contributed by atoms with Gasteiger partial charge in [0.05, 0.1) is 12.5 Å². The van der Waals surface area contributed by atoms with Crippen molar-refractivity contribution in [2.24, 2.45) is 5.92 Å². The van der Waals surface area contributed by atoms with Crippen LogP contribution in [0.3, 0.4) is 0 Å². The summed E-state index contributed by atoms with van der Waals surface area (Å²) in [6.07, 6.45) is 1.45. The fraction of sp³-hybridized carbons (Fsp3) is 0.562. The van der Waals surface area contributed by atoms with Gasteiger partial charge in [0.25, 0.3) is 0 Å². The Balaban J connectivity index is 1.74. The number of hydrogen-bond donors (Lipinski definition) is 1. The van der Waals surface area contributed by atoms with E-state index in [1.54, 1.807) is 0 Å². The molecular formula is C16H23NO4. The summed E-state index contributed by atoms with van der Waals surface area (Å²) in [5, 5.41) is 8.97. The molecule has 1 aliphatic heterocycles. The van der Waals surface area contributed by atoms with Gasteiger partial charge in [-0.3, -0.25) is 9.69 Å². The minimum Gasteiger partial charge on any atom is -0.490 e. The second-order valence-corrected chi connectivity index (χ2v) is 5.18. The van der Waals surface area contributed by atoms with Gasteiger partial charge >= 0.3 is 5.97 Å². The average Bonchev–Trinajstić information content (AvgIpc) is 2.50. The van der Waals surface area contributed by atoms with Crippen LogP contribution in [-0.2, 0) is 4.79 Å². The van der Waals surface area contributed by atoms with Crippen molar-refractivity contribution in [3.05, 3.63) is 24.3 Å². The van der Waals surface area contributed by atoms with Crippen LogP contribution in [0.5, 0.6) is 11.5 Å². The lowest BCUT2D eigenvalue weighted by Gasteiger charge is -2.29. The zero-order chi connectivity index (χ0) is 15.1. The molecule has 1 saturated heterocycles. The number of rotatable bonds is 7. The molecule has 0 spiro atoms. The van der Waals surface area contributed by atoms with Gasteiger partial charge in [-0.25, -0.2) is 0 Å². The van der Waals surface area contributed by atoms with E-state index in [4.69, 9.17) is 14.6 Å². The third kappa shape index (κ3) is 4.63. The highest BCUT2D eigenvalue weighted by molar-refractivity contribution is 5.70. The van der Waals surface area contributed by atoms with Crippen LogP contribution in [0.2, 0.25) is 0 Å². The lowest BCUT2D eigenvalue weighted by Crippen LogP contribution is -2.38. The maximum absolute atomic E-state index is 10.9. The van der Waals surface area contributed by atoms with Gasteiger partial charge in [0.15, 0.2) is 11.5 Å². The highest BCUT2D eigenvalue weighted by atomic mass is 16.5. The van der Waals surface area contributed by atoms with Gasteiger partial charge in [0.2, 0.25) is 0 Å². The predicted molar refractivity (Wildman–Crippen MR) is 79.9 cm³/mol. The summed E-state index contributed by atoms with van der Waals surface area (Å²) in [4.78, 5) is 13.2. The number of carbonyl (C=O) groups is 1. The number of piperidine rings is 1. The lowest BCUT2D eigenvalue weighted by atomic mass is 9.97. The maximum atomic E-state index is 10.9. The molecule has 1 fully saturated rings. The van der Waals surface area contributed by atoms with Gasteiger partial charge in [-0.1, -0.05) is 12.1 Å². The van der Waals surface area contributed by atoms with Crippen molar-refractivity contribution in [3.8, 4) is 11.5 Å². The van der Waals surface area contributed by atoms with Crippen LogP contribution in [0.25, 0.3) is 0 Å². The molecule has 0 aromatic heterocycles. The highest BCUT2D eigenvalue weighted by Gasteiger charge is 2.24. The molecule has 5 nitrogen and oxygen atoms in total. The van der Waals surface area contributed by atoms with Crippen molar-refractivity contribution < 1.29 is 19.4 Å². The minimum atomic E-state index is -0.670. The standard InChI is InChI=1S/C16H23NO4/c1-2-20-14-5-3-4-6-15(14)21-12-11-17-9-7-13(8-10-17)16(18)19/h3-6,13H,2,7-12H2,1H3,(H,18,19). The molecule has 1 aromatic rings. The van der Waals surface area contributed by atoms with E-state index in [0.29, 0.717) is 13.2 Å². The quantitative estimate of drug-likeness (QED) is 0.835. The van der Waals surface area contributed by atoms with Crippen molar-refractivity contribution in [1.82, 2.24) is 4.90 Å². The van der Waals surface area contributed by atoms with E-state index >= 15 is 0 Å². The normalized spacial score (nSPS) is 16.6. The van der Waals surface area contributed by atoms with Crippen molar-refractivity contribution >= 4 is 5.97 Å². The lowest BCUT2D eigenvalue weighted by molar-refractivity contribution is -0.143. The Hall–Kier alpha value is -1.75. The van der Waals surface area contributed by atoms with E-state index in [1.807, 2.05) is 31.2 Å².